The van der Waals surface area contributed by atoms with Gasteiger partial charge in [-0.2, -0.15) is 0 Å². The minimum atomic E-state index is 0.711. The molecule has 0 bridgehead atoms. The maximum atomic E-state index is 6.55. The van der Waals surface area contributed by atoms with Crippen LogP contribution >= 0.6 is 0 Å². The van der Waals surface area contributed by atoms with Gasteiger partial charge in [0.1, 0.15) is 11.2 Å². The summed E-state index contributed by atoms with van der Waals surface area (Å²) in [5.41, 5.74) is 8.95. The van der Waals surface area contributed by atoms with E-state index in [9.17, 15) is 0 Å². The molecule has 7 aromatic carbocycles. The van der Waals surface area contributed by atoms with Gasteiger partial charge in [-0.25, -0.2) is 9.97 Å². The van der Waals surface area contributed by atoms with Crippen molar-refractivity contribution in [1.29, 1.82) is 0 Å². The molecule has 0 aliphatic carbocycles. The Morgan fingerprint density at radius 3 is 1.67 bits per heavy atom. The molecule has 0 amide bonds. The second-order valence-electron chi connectivity index (χ2n) is 11.4. The summed E-state index contributed by atoms with van der Waals surface area (Å²) in [6.45, 7) is 0. The normalized spacial score (nSPS) is 11.6. The van der Waals surface area contributed by atoms with Crippen LogP contribution in [0.4, 0.5) is 0 Å². The van der Waals surface area contributed by atoms with Gasteiger partial charge in [-0.05, 0) is 51.6 Å². The molecule has 9 aromatic rings. The van der Waals surface area contributed by atoms with E-state index < -0.39 is 0 Å². The molecule has 0 spiro atoms. The molecule has 0 atom stereocenters. The molecule has 210 valence electrons. The molecule has 45 heavy (non-hydrogen) atoms. The third-order valence-corrected chi connectivity index (χ3v) is 8.67. The highest BCUT2D eigenvalue weighted by Gasteiger charge is 2.17. The number of benzene rings is 7. The summed E-state index contributed by atoms with van der Waals surface area (Å²) in [6.07, 6.45) is 0. The highest BCUT2D eigenvalue weighted by Crippen LogP contribution is 2.42. The molecule has 2 aromatic heterocycles. The van der Waals surface area contributed by atoms with Crippen molar-refractivity contribution in [2.24, 2.45) is 0 Å². The number of hydrogen-bond donors (Lipinski definition) is 0. The van der Waals surface area contributed by atoms with E-state index in [4.69, 9.17) is 14.4 Å². The van der Waals surface area contributed by atoms with Crippen LogP contribution < -0.4 is 0 Å². The third-order valence-electron chi connectivity index (χ3n) is 8.67. The summed E-state index contributed by atoms with van der Waals surface area (Å²) in [7, 11) is 0. The summed E-state index contributed by atoms with van der Waals surface area (Å²) >= 11 is 0. The van der Waals surface area contributed by atoms with Gasteiger partial charge in [-0.1, -0.05) is 133 Å². The van der Waals surface area contributed by atoms with Crippen molar-refractivity contribution in [3.63, 3.8) is 0 Å². The van der Waals surface area contributed by atoms with Crippen molar-refractivity contribution in [3.8, 4) is 45.0 Å². The summed E-state index contributed by atoms with van der Waals surface area (Å²) in [6, 6.07) is 54.9. The fourth-order valence-electron chi connectivity index (χ4n) is 6.51. The van der Waals surface area contributed by atoms with E-state index in [1.54, 1.807) is 0 Å². The molecule has 3 nitrogen and oxygen atoms in total. The highest BCUT2D eigenvalue weighted by atomic mass is 16.3. The van der Waals surface area contributed by atoms with Crippen molar-refractivity contribution in [1.82, 2.24) is 9.97 Å². The lowest BCUT2D eigenvalue weighted by Gasteiger charge is -2.11. The molecule has 3 heteroatoms. The molecule has 0 aliphatic rings. The second-order valence-corrected chi connectivity index (χ2v) is 11.4. The first-order chi connectivity index (χ1) is 22.3. The number of aromatic nitrogens is 2. The topological polar surface area (TPSA) is 38.9 Å². The largest absolute Gasteiger partial charge is 0.455 e. The van der Waals surface area contributed by atoms with Gasteiger partial charge in [0, 0.05) is 32.8 Å². The number of fused-ring (bicyclic) bond motifs is 8. The van der Waals surface area contributed by atoms with Gasteiger partial charge >= 0.3 is 0 Å². The Hall–Kier alpha value is -6.06. The van der Waals surface area contributed by atoms with E-state index >= 15 is 0 Å². The van der Waals surface area contributed by atoms with Gasteiger partial charge in [0.2, 0.25) is 0 Å². The zero-order valence-electron chi connectivity index (χ0n) is 24.3. The molecule has 0 saturated carbocycles. The van der Waals surface area contributed by atoms with E-state index in [1.165, 1.54) is 16.2 Å². The van der Waals surface area contributed by atoms with E-state index in [2.05, 4.69) is 121 Å². The average molecular weight is 575 g/mol. The minimum absolute atomic E-state index is 0.711. The second kappa shape index (κ2) is 10.3. The van der Waals surface area contributed by atoms with Crippen LogP contribution in [0.1, 0.15) is 0 Å². The predicted octanol–water partition coefficient (Wildman–Crippen LogP) is 11.4. The van der Waals surface area contributed by atoms with Crippen LogP contribution in [-0.2, 0) is 0 Å². The Kier molecular flexibility index (Phi) is 5.82. The van der Waals surface area contributed by atoms with E-state index in [0.29, 0.717) is 5.82 Å². The van der Waals surface area contributed by atoms with E-state index in [-0.39, 0.29) is 0 Å². The average Bonchev–Trinajstić information content (AvgIpc) is 3.52. The molecule has 0 radical (unpaired) electrons. The summed E-state index contributed by atoms with van der Waals surface area (Å²) in [5, 5.41) is 7.07. The predicted molar refractivity (Wildman–Crippen MR) is 186 cm³/mol. The minimum Gasteiger partial charge on any atom is -0.455 e. The molecule has 0 N–H and O–H groups in total. The monoisotopic (exact) mass is 574 g/mol. The molecule has 2 heterocycles. The van der Waals surface area contributed by atoms with Crippen molar-refractivity contribution in [2.45, 2.75) is 0 Å². The van der Waals surface area contributed by atoms with E-state index in [1.807, 2.05) is 36.4 Å². The molecular weight excluding hydrogens is 548 g/mol. The Bertz CT molecular complexity index is 2470. The van der Waals surface area contributed by atoms with Gasteiger partial charge in [0.15, 0.2) is 5.82 Å². The van der Waals surface area contributed by atoms with Gasteiger partial charge in [0.25, 0.3) is 0 Å². The van der Waals surface area contributed by atoms with Crippen LogP contribution in [0, 0.1) is 0 Å². The van der Waals surface area contributed by atoms with Crippen LogP contribution in [0.5, 0.6) is 0 Å². The SMILES string of the molecule is c1ccc(-c2cc(-c3cccc(-c4ccc5oc6c7ccccc7c7ccccc7c6c5c4)c3)nc(-c3ccccc3)n2)cc1. The van der Waals surface area contributed by atoms with Crippen LogP contribution in [0.15, 0.2) is 162 Å². The first-order valence-electron chi connectivity index (χ1n) is 15.2. The molecule has 0 saturated heterocycles. The Morgan fingerprint density at radius 1 is 0.356 bits per heavy atom. The van der Waals surface area contributed by atoms with Crippen LogP contribution in [-0.4, -0.2) is 9.97 Å². The molecule has 0 unspecified atom stereocenters. The van der Waals surface area contributed by atoms with Gasteiger partial charge < -0.3 is 4.42 Å². The molecule has 9 rings (SSSR count). The third kappa shape index (κ3) is 4.29. The maximum absolute atomic E-state index is 6.55. The fraction of sp³-hybridized carbons (Fsp3) is 0. The zero-order chi connectivity index (χ0) is 29.7. The number of furan rings is 1. The lowest BCUT2D eigenvalue weighted by atomic mass is 9.95. The zero-order valence-corrected chi connectivity index (χ0v) is 24.3. The maximum Gasteiger partial charge on any atom is 0.160 e. The Morgan fingerprint density at radius 2 is 0.911 bits per heavy atom. The van der Waals surface area contributed by atoms with Crippen LogP contribution in [0.25, 0.3) is 88.5 Å². The standard InChI is InChI=1S/C42H26N2O/c1-3-12-27(13-4-1)37-26-38(44-42(43-37)28-14-5-2-6-15-28)31-17-11-16-29(24-31)30-22-23-39-36(25-30)40-34-20-9-7-18-32(34)33-19-8-10-21-35(33)41(40)45-39/h1-26H. The van der Waals surface area contributed by atoms with Crippen LogP contribution in [0.2, 0.25) is 0 Å². The molecular formula is C42H26N2O. The van der Waals surface area contributed by atoms with Crippen molar-refractivity contribution >= 4 is 43.5 Å². The first kappa shape index (κ1) is 25.4. The fourth-order valence-corrected chi connectivity index (χ4v) is 6.51. The summed E-state index contributed by atoms with van der Waals surface area (Å²) < 4.78 is 6.55. The first-order valence-corrected chi connectivity index (χ1v) is 15.2. The van der Waals surface area contributed by atoms with Gasteiger partial charge in [-0.3, -0.25) is 0 Å². The van der Waals surface area contributed by atoms with Crippen LogP contribution in [0.3, 0.4) is 0 Å². The number of nitrogens with zero attached hydrogens (tertiary/aromatic N) is 2. The summed E-state index contributed by atoms with van der Waals surface area (Å²) in [4.78, 5) is 10.0. The smallest absolute Gasteiger partial charge is 0.160 e. The number of hydrogen-bond acceptors (Lipinski definition) is 3. The lowest BCUT2D eigenvalue weighted by molar-refractivity contribution is 0.673. The molecule has 0 aliphatic heterocycles. The van der Waals surface area contributed by atoms with Crippen molar-refractivity contribution in [2.75, 3.05) is 0 Å². The van der Waals surface area contributed by atoms with Gasteiger partial charge in [0.05, 0.1) is 11.4 Å². The van der Waals surface area contributed by atoms with Crippen molar-refractivity contribution < 1.29 is 4.42 Å². The number of rotatable bonds is 4. The quantitative estimate of drug-likeness (QED) is 0.196. The highest BCUT2D eigenvalue weighted by molar-refractivity contribution is 6.30. The summed E-state index contributed by atoms with van der Waals surface area (Å²) in [5.74, 6) is 0.711. The lowest BCUT2D eigenvalue weighted by Crippen LogP contribution is -1.96. The Balaban J connectivity index is 1.22. The van der Waals surface area contributed by atoms with E-state index in [0.717, 1.165) is 66.5 Å². The van der Waals surface area contributed by atoms with Gasteiger partial charge in [-0.15, -0.1) is 0 Å². The Labute approximate surface area is 260 Å². The molecule has 0 fully saturated rings. The van der Waals surface area contributed by atoms with Crippen molar-refractivity contribution in [3.05, 3.63) is 158 Å².